The Morgan fingerprint density at radius 1 is 1.22 bits per heavy atom. The fourth-order valence-electron chi connectivity index (χ4n) is 4.38. The number of nitrogens with zero attached hydrogens (tertiary/aromatic N) is 1. The molecule has 27 heavy (non-hydrogen) atoms. The Labute approximate surface area is 158 Å². The molecule has 2 saturated heterocycles. The van der Waals surface area contributed by atoms with Gasteiger partial charge in [-0.15, -0.1) is 0 Å². The molecule has 1 aromatic rings. The third kappa shape index (κ3) is 3.49. The lowest BCUT2D eigenvalue weighted by atomic mass is 9.98. The molecule has 0 aromatic heterocycles. The van der Waals surface area contributed by atoms with E-state index >= 15 is 0 Å². The van der Waals surface area contributed by atoms with Gasteiger partial charge in [0, 0.05) is 37.2 Å². The van der Waals surface area contributed by atoms with E-state index in [1.165, 1.54) is 0 Å². The van der Waals surface area contributed by atoms with Gasteiger partial charge in [0.1, 0.15) is 6.04 Å². The Hall–Kier alpha value is -2.25. The van der Waals surface area contributed by atoms with Crippen LogP contribution in [0.25, 0.3) is 0 Å². The molecule has 4 rings (SSSR count). The smallest absolute Gasteiger partial charge is 0.255 e. The Balaban J connectivity index is 1.49. The minimum atomic E-state index is -0.564. The van der Waals surface area contributed by atoms with E-state index in [1.807, 2.05) is 18.2 Å². The Kier molecular flexibility index (Phi) is 4.97. The lowest BCUT2D eigenvalue weighted by Gasteiger charge is -2.31. The Morgan fingerprint density at radius 3 is 2.85 bits per heavy atom. The van der Waals surface area contributed by atoms with Gasteiger partial charge in [0.15, 0.2) is 0 Å². The van der Waals surface area contributed by atoms with E-state index in [4.69, 9.17) is 0 Å². The molecule has 3 N–H and O–H groups in total. The first-order chi connectivity index (χ1) is 13.0. The van der Waals surface area contributed by atoms with Gasteiger partial charge in [0.2, 0.25) is 11.8 Å². The van der Waals surface area contributed by atoms with E-state index < -0.39 is 6.04 Å². The van der Waals surface area contributed by atoms with E-state index in [-0.39, 0.29) is 24.1 Å². The summed E-state index contributed by atoms with van der Waals surface area (Å²) in [6, 6.07) is 6.07. The Bertz CT molecular complexity index is 778. The number of nitrogens with one attached hydrogen (secondary N) is 3. The predicted molar refractivity (Wildman–Crippen MR) is 99.8 cm³/mol. The van der Waals surface area contributed by atoms with Gasteiger partial charge in [-0.05, 0) is 49.9 Å². The van der Waals surface area contributed by atoms with Crippen molar-refractivity contribution in [2.45, 2.75) is 63.8 Å². The monoisotopic (exact) mass is 370 g/mol. The summed E-state index contributed by atoms with van der Waals surface area (Å²) in [7, 11) is 0. The number of rotatable bonds is 4. The van der Waals surface area contributed by atoms with Gasteiger partial charge >= 0.3 is 0 Å². The van der Waals surface area contributed by atoms with E-state index in [0.29, 0.717) is 37.2 Å². The van der Waals surface area contributed by atoms with Gasteiger partial charge in [0.25, 0.3) is 5.91 Å². The van der Waals surface area contributed by atoms with E-state index in [1.54, 1.807) is 4.90 Å². The van der Waals surface area contributed by atoms with Gasteiger partial charge in [-0.1, -0.05) is 12.1 Å². The molecule has 0 bridgehead atoms. The molecule has 3 amide bonds. The minimum Gasteiger partial charge on any atom is -0.322 e. The van der Waals surface area contributed by atoms with Crippen LogP contribution in [0.1, 0.15) is 54.1 Å². The van der Waals surface area contributed by atoms with Crippen LogP contribution in [0.2, 0.25) is 0 Å². The number of hydrogen-bond acceptors (Lipinski definition) is 5. The van der Waals surface area contributed by atoms with Crippen LogP contribution < -0.4 is 16.0 Å². The fourth-order valence-corrected chi connectivity index (χ4v) is 4.38. The molecule has 0 spiro atoms. The standard InChI is InChI=1S/C20H26N4O3/c1-12-16(6-3-9-21-12)22-10-13-4-2-5-14-15(13)11-24(20(14)27)17-7-8-18(25)23-19(17)26/h2,4-5,12,16-17,21-22H,3,6-11H2,1H3,(H,23,25,26). The summed E-state index contributed by atoms with van der Waals surface area (Å²) in [5.74, 6) is -0.747. The van der Waals surface area contributed by atoms with Crippen LogP contribution in [0.15, 0.2) is 18.2 Å². The van der Waals surface area contributed by atoms with Crippen LogP contribution in [0.3, 0.4) is 0 Å². The molecule has 3 aliphatic rings. The predicted octanol–water partition coefficient (Wildman–Crippen LogP) is 0.678. The van der Waals surface area contributed by atoms with Crippen molar-refractivity contribution in [3.8, 4) is 0 Å². The topological polar surface area (TPSA) is 90.5 Å². The number of amides is 3. The lowest BCUT2D eigenvalue weighted by molar-refractivity contribution is -0.136. The molecule has 3 aliphatic heterocycles. The van der Waals surface area contributed by atoms with Crippen LogP contribution in [-0.2, 0) is 22.7 Å². The highest BCUT2D eigenvalue weighted by molar-refractivity contribution is 6.05. The van der Waals surface area contributed by atoms with Gasteiger partial charge < -0.3 is 15.5 Å². The lowest BCUT2D eigenvalue weighted by Crippen LogP contribution is -2.52. The molecule has 144 valence electrons. The number of imide groups is 1. The molecule has 2 fully saturated rings. The fraction of sp³-hybridized carbons (Fsp3) is 0.550. The normalized spacial score (nSPS) is 28.3. The third-order valence-electron chi connectivity index (χ3n) is 6.00. The zero-order valence-corrected chi connectivity index (χ0v) is 15.6. The van der Waals surface area contributed by atoms with Crippen molar-refractivity contribution in [1.29, 1.82) is 0 Å². The summed E-state index contributed by atoms with van der Waals surface area (Å²) < 4.78 is 0. The second-order valence-electron chi connectivity index (χ2n) is 7.72. The molecule has 7 heteroatoms. The first kappa shape index (κ1) is 18.1. The molecule has 0 radical (unpaired) electrons. The summed E-state index contributed by atoms with van der Waals surface area (Å²) in [5.41, 5.74) is 2.78. The highest BCUT2D eigenvalue weighted by Gasteiger charge is 2.39. The zero-order chi connectivity index (χ0) is 19.0. The van der Waals surface area contributed by atoms with Crippen molar-refractivity contribution >= 4 is 17.7 Å². The number of carbonyl (C=O) groups excluding carboxylic acids is 3. The molecule has 3 heterocycles. The minimum absolute atomic E-state index is 0.117. The quantitative estimate of drug-likeness (QED) is 0.678. The summed E-state index contributed by atoms with van der Waals surface area (Å²) >= 11 is 0. The van der Waals surface area contributed by atoms with Crippen molar-refractivity contribution in [2.75, 3.05) is 6.54 Å². The van der Waals surface area contributed by atoms with Gasteiger partial charge in [-0.2, -0.15) is 0 Å². The maximum absolute atomic E-state index is 12.9. The summed E-state index contributed by atoms with van der Waals surface area (Å²) in [4.78, 5) is 38.1. The van der Waals surface area contributed by atoms with Crippen molar-refractivity contribution in [1.82, 2.24) is 20.9 Å². The van der Waals surface area contributed by atoms with Crippen LogP contribution in [0, 0.1) is 0 Å². The van der Waals surface area contributed by atoms with Crippen molar-refractivity contribution < 1.29 is 14.4 Å². The maximum atomic E-state index is 12.9. The van der Waals surface area contributed by atoms with E-state index in [2.05, 4.69) is 22.9 Å². The molecular formula is C20H26N4O3. The van der Waals surface area contributed by atoms with Gasteiger partial charge in [-0.3, -0.25) is 19.7 Å². The number of fused-ring (bicyclic) bond motifs is 1. The third-order valence-corrected chi connectivity index (χ3v) is 6.00. The zero-order valence-electron chi connectivity index (χ0n) is 15.6. The maximum Gasteiger partial charge on any atom is 0.255 e. The average molecular weight is 370 g/mol. The summed E-state index contributed by atoms with van der Waals surface area (Å²) in [6.07, 6.45) is 2.97. The second kappa shape index (κ2) is 7.40. The molecule has 0 saturated carbocycles. The van der Waals surface area contributed by atoms with E-state index in [9.17, 15) is 14.4 Å². The molecule has 0 aliphatic carbocycles. The highest BCUT2D eigenvalue weighted by Crippen LogP contribution is 2.30. The number of hydrogen-bond donors (Lipinski definition) is 3. The molecular weight excluding hydrogens is 344 g/mol. The molecule has 7 nitrogen and oxygen atoms in total. The first-order valence-electron chi connectivity index (χ1n) is 9.77. The second-order valence-corrected chi connectivity index (χ2v) is 7.72. The van der Waals surface area contributed by atoms with E-state index in [0.717, 1.165) is 30.5 Å². The molecule has 3 unspecified atom stereocenters. The van der Waals surface area contributed by atoms with Crippen molar-refractivity contribution in [3.05, 3.63) is 34.9 Å². The van der Waals surface area contributed by atoms with Gasteiger partial charge in [-0.25, -0.2) is 0 Å². The summed E-state index contributed by atoms with van der Waals surface area (Å²) in [5, 5.41) is 9.46. The number of piperidine rings is 2. The largest absolute Gasteiger partial charge is 0.322 e. The number of benzene rings is 1. The Morgan fingerprint density at radius 2 is 2.07 bits per heavy atom. The van der Waals surface area contributed by atoms with Crippen LogP contribution >= 0.6 is 0 Å². The number of carbonyl (C=O) groups is 3. The first-order valence-corrected chi connectivity index (χ1v) is 9.77. The molecule has 3 atom stereocenters. The summed E-state index contributed by atoms with van der Waals surface area (Å²) in [6.45, 7) is 4.39. The van der Waals surface area contributed by atoms with Gasteiger partial charge in [0.05, 0.1) is 0 Å². The van der Waals surface area contributed by atoms with Crippen LogP contribution in [0.5, 0.6) is 0 Å². The van der Waals surface area contributed by atoms with Crippen LogP contribution in [0.4, 0.5) is 0 Å². The average Bonchev–Trinajstić information content (AvgIpc) is 2.98. The van der Waals surface area contributed by atoms with Crippen molar-refractivity contribution in [3.63, 3.8) is 0 Å². The van der Waals surface area contributed by atoms with Crippen LogP contribution in [-0.4, -0.2) is 47.3 Å². The molecule has 1 aromatic carbocycles. The van der Waals surface area contributed by atoms with Crippen molar-refractivity contribution in [2.24, 2.45) is 0 Å². The SMILES string of the molecule is CC1NCCCC1NCc1cccc2c1CN(C1CCC(=O)NC1=O)C2=O. The highest BCUT2D eigenvalue weighted by atomic mass is 16.2.